The van der Waals surface area contributed by atoms with Crippen LogP contribution in [0.4, 0.5) is 11.4 Å². The van der Waals surface area contributed by atoms with Gasteiger partial charge in [0.25, 0.3) is 0 Å². The molecule has 152 valence electrons. The van der Waals surface area contributed by atoms with Crippen LogP contribution in [0.15, 0.2) is 66.7 Å². The molecule has 0 N–H and O–H groups in total. The van der Waals surface area contributed by atoms with Crippen molar-refractivity contribution in [1.29, 1.82) is 0 Å². The molecule has 0 atom stereocenters. The summed E-state index contributed by atoms with van der Waals surface area (Å²) < 4.78 is 11.2. The van der Waals surface area contributed by atoms with Crippen LogP contribution >= 0.6 is 0 Å². The van der Waals surface area contributed by atoms with Gasteiger partial charge in [0.05, 0.1) is 14.2 Å². The molecule has 0 unspecified atom stereocenters. The zero-order chi connectivity index (χ0) is 21.0. The lowest BCUT2D eigenvalue weighted by atomic mass is 9.84. The number of rotatable bonds is 7. The van der Waals surface area contributed by atoms with E-state index in [1.807, 2.05) is 12.1 Å². The fourth-order valence-corrected chi connectivity index (χ4v) is 3.55. The number of methoxy groups -OCH3 is 2. The van der Waals surface area contributed by atoms with Gasteiger partial charge in [-0.05, 0) is 53.6 Å². The molecule has 3 aromatic rings. The highest BCUT2D eigenvalue weighted by Crippen LogP contribution is 2.40. The van der Waals surface area contributed by atoms with Crippen molar-refractivity contribution in [1.82, 2.24) is 0 Å². The van der Waals surface area contributed by atoms with Crippen molar-refractivity contribution in [2.45, 2.75) is 5.92 Å². The lowest BCUT2D eigenvalue weighted by molar-refractivity contribution is 0.398. The first-order chi connectivity index (χ1) is 13.9. The van der Waals surface area contributed by atoms with E-state index in [9.17, 15) is 0 Å². The highest BCUT2D eigenvalue weighted by molar-refractivity contribution is 5.56. The third-order valence-corrected chi connectivity index (χ3v) is 5.23. The van der Waals surface area contributed by atoms with Gasteiger partial charge in [-0.25, -0.2) is 0 Å². The lowest BCUT2D eigenvalue weighted by Crippen LogP contribution is -2.11. The maximum atomic E-state index is 5.72. The zero-order valence-electron chi connectivity index (χ0n) is 18.1. The predicted molar refractivity (Wildman–Crippen MR) is 122 cm³/mol. The summed E-state index contributed by atoms with van der Waals surface area (Å²) in [6, 6.07) is 23.4. The number of nitrogens with zero attached hydrogens (tertiary/aromatic N) is 2. The predicted octanol–water partition coefficient (Wildman–Crippen LogP) is 5.02. The van der Waals surface area contributed by atoms with Crippen LogP contribution in [0.5, 0.6) is 11.5 Å². The normalized spacial score (nSPS) is 10.7. The number of hydrogen-bond acceptors (Lipinski definition) is 4. The molecule has 4 heteroatoms. The molecule has 0 saturated heterocycles. The van der Waals surface area contributed by atoms with Crippen LogP contribution in [-0.2, 0) is 0 Å². The van der Waals surface area contributed by atoms with E-state index in [4.69, 9.17) is 9.47 Å². The Morgan fingerprint density at radius 1 is 0.621 bits per heavy atom. The van der Waals surface area contributed by atoms with Gasteiger partial charge in [-0.3, -0.25) is 0 Å². The van der Waals surface area contributed by atoms with Gasteiger partial charge in [-0.1, -0.05) is 24.3 Å². The first-order valence-electron chi connectivity index (χ1n) is 9.71. The molecule has 0 radical (unpaired) electrons. The Balaban J connectivity index is 2.16. The maximum Gasteiger partial charge on any atom is 0.123 e. The van der Waals surface area contributed by atoms with Crippen LogP contribution in [0.2, 0.25) is 0 Å². The van der Waals surface area contributed by atoms with Crippen LogP contribution in [0.3, 0.4) is 0 Å². The molecule has 0 aliphatic carbocycles. The van der Waals surface area contributed by atoms with Crippen LogP contribution in [0.1, 0.15) is 22.6 Å². The van der Waals surface area contributed by atoms with Crippen molar-refractivity contribution in [3.63, 3.8) is 0 Å². The fourth-order valence-electron chi connectivity index (χ4n) is 3.55. The summed E-state index contributed by atoms with van der Waals surface area (Å²) in [6.07, 6.45) is 0. The molecule has 29 heavy (non-hydrogen) atoms. The average Bonchev–Trinajstić information content (AvgIpc) is 2.74. The fraction of sp³-hybridized carbons (Fsp3) is 0.280. The molecule has 4 nitrogen and oxygen atoms in total. The van der Waals surface area contributed by atoms with E-state index in [0.717, 1.165) is 17.1 Å². The van der Waals surface area contributed by atoms with Gasteiger partial charge >= 0.3 is 0 Å². The van der Waals surface area contributed by atoms with Gasteiger partial charge in [0, 0.05) is 51.0 Å². The smallest absolute Gasteiger partial charge is 0.123 e. The van der Waals surface area contributed by atoms with Crippen molar-refractivity contribution < 1.29 is 9.47 Å². The molecule has 3 rings (SSSR count). The van der Waals surface area contributed by atoms with E-state index in [1.54, 1.807) is 14.2 Å². The standard InChI is InChI=1S/C25H30N2O2/c1-26(2)20-11-7-18(8-12-20)25(19-9-13-21(14-10-19)27(3)4)23-17-22(28-5)15-16-24(23)29-6/h7-17,25H,1-6H3. The lowest BCUT2D eigenvalue weighted by Gasteiger charge is -2.23. The Kier molecular flexibility index (Phi) is 6.32. The van der Waals surface area contributed by atoms with E-state index in [1.165, 1.54) is 22.5 Å². The molecule has 0 spiro atoms. The molecule has 0 aromatic heterocycles. The Bertz CT molecular complexity index is 881. The van der Waals surface area contributed by atoms with Crippen molar-refractivity contribution in [3.05, 3.63) is 83.4 Å². The largest absolute Gasteiger partial charge is 0.497 e. The van der Waals surface area contributed by atoms with Crippen molar-refractivity contribution >= 4 is 11.4 Å². The molecule has 0 heterocycles. The summed E-state index contributed by atoms with van der Waals surface area (Å²) in [5.41, 5.74) is 5.85. The first kappa shape index (κ1) is 20.6. The van der Waals surface area contributed by atoms with E-state index in [-0.39, 0.29) is 5.92 Å². The Morgan fingerprint density at radius 3 is 1.48 bits per heavy atom. The molecule has 3 aromatic carbocycles. The quantitative estimate of drug-likeness (QED) is 0.529. The monoisotopic (exact) mass is 390 g/mol. The Labute approximate surface area is 174 Å². The number of ether oxygens (including phenoxy) is 2. The summed E-state index contributed by atoms with van der Waals surface area (Å²) in [5.74, 6) is 1.71. The summed E-state index contributed by atoms with van der Waals surface area (Å²) in [4.78, 5) is 4.22. The summed E-state index contributed by atoms with van der Waals surface area (Å²) in [5, 5.41) is 0. The van der Waals surface area contributed by atoms with E-state index >= 15 is 0 Å². The Hall–Kier alpha value is -3.14. The van der Waals surface area contributed by atoms with Crippen molar-refractivity contribution in [2.75, 3.05) is 52.2 Å². The zero-order valence-corrected chi connectivity index (χ0v) is 18.1. The van der Waals surface area contributed by atoms with Gasteiger partial charge in [0.1, 0.15) is 11.5 Å². The molecule has 0 bridgehead atoms. The SMILES string of the molecule is COc1ccc(OC)c(C(c2ccc(N(C)C)cc2)c2ccc(N(C)C)cc2)c1. The van der Waals surface area contributed by atoms with Gasteiger partial charge in [-0.2, -0.15) is 0 Å². The maximum absolute atomic E-state index is 5.72. The van der Waals surface area contributed by atoms with Gasteiger partial charge in [-0.15, -0.1) is 0 Å². The summed E-state index contributed by atoms with van der Waals surface area (Å²) in [6.45, 7) is 0. The summed E-state index contributed by atoms with van der Waals surface area (Å²) in [7, 11) is 11.6. The van der Waals surface area contributed by atoms with E-state index < -0.39 is 0 Å². The topological polar surface area (TPSA) is 24.9 Å². The second-order valence-electron chi connectivity index (χ2n) is 7.51. The van der Waals surface area contributed by atoms with Gasteiger partial charge in [0.15, 0.2) is 0 Å². The van der Waals surface area contributed by atoms with Crippen LogP contribution in [0, 0.1) is 0 Å². The molecule has 0 aliphatic rings. The molecular formula is C25H30N2O2. The summed E-state index contributed by atoms with van der Waals surface area (Å²) >= 11 is 0. The number of hydrogen-bond donors (Lipinski definition) is 0. The minimum absolute atomic E-state index is 0.0347. The average molecular weight is 391 g/mol. The molecule has 0 amide bonds. The first-order valence-corrected chi connectivity index (χ1v) is 9.71. The minimum atomic E-state index is 0.0347. The van der Waals surface area contributed by atoms with E-state index in [2.05, 4.69) is 92.6 Å². The van der Waals surface area contributed by atoms with Gasteiger partial charge < -0.3 is 19.3 Å². The van der Waals surface area contributed by atoms with Crippen LogP contribution in [0.25, 0.3) is 0 Å². The third kappa shape index (κ3) is 4.48. The highest BCUT2D eigenvalue weighted by atomic mass is 16.5. The number of benzene rings is 3. The third-order valence-electron chi connectivity index (χ3n) is 5.23. The Morgan fingerprint density at radius 2 is 1.10 bits per heavy atom. The molecule has 0 aliphatic heterocycles. The number of anilines is 2. The molecular weight excluding hydrogens is 360 g/mol. The van der Waals surface area contributed by atoms with Gasteiger partial charge in [0.2, 0.25) is 0 Å². The molecule has 0 fully saturated rings. The second-order valence-corrected chi connectivity index (χ2v) is 7.51. The van der Waals surface area contributed by atoms with Crippen LogP contribution in [-0.4, -0.2) is 42.4 Å². The second kappa shape index (κ2) is 8.91. The minimum Gasteiger partial charge on any atom is -0.497 e. The molecule has 0 saturated carbocycles. The van der Waals surface area contributed by atoms with Crippen molar-refractivity contribution in [3.8, 4) is 11.5 Å². The van der Waals surface area contributed by atoms with Crippen molar-refractivity contribution in [2.24, 2.45) is 0 Å². The van der Waals surface area contributed by atoms with Crippen LogP contribution < -0.4 is 19.3 Å². The highest BCUT2D eigenvalue weighted by Gasteiger charge is 2.22. The van der Waals surface area contributed by atoms with E-state index in [0.29, 0.717) is 0 Å².